The number of fused-ring (bicyclic) bond motifs is 1. The molecular formula is C33H57NOS3Sn. The zero-order chi connectivity index (χ0) is 28.1. The average molecular weight is 699 g/mol. The van der Waals surface area contributed by atoms with E-state index in [-0.39, 0.29) is 5.54 Å². The van der Waals surface area contributed by atoms with E-state index in [0.29, 0.717) is 6.61 Å². The fourth-order valence-corrected chi connectivity index (χ4v) is 32.7. The van der Waals surface area contributed by atoms with Gasteiger partial charge in [0.05, 0.1) is 0 Å². The first-order valence-electron chi connectivity index (χ1n) is 16.3. The number of hydrogen-bond acceptors (Lipinski definition) is 5. The van der Waals surface area contributed by atoms with Crippen molar-refractivity contribution in [3.8, 4) is 0 Å². The van der Waals surface area contributed by atoms with Crippen LogP contribution < -0.4 is 0 Å². The number of ether oxygens (including phenoxy) is 1. The Morgan fingerprint density at radius 1 is 0.795 bits per heavy atom. The summed E-state index contributed by atoms with van der Waals surface area (Å²) < 4.78 is 14.0. The zero-order valence-corrected chi connectivity index (χ0v) is 31.4. The maximum atomic E-state index is 6.25. The Hall–Kier alpha value is 0.279. The normalized spacial score (nSPS) is 15.3. The molecular weight excluding hydrogens is 641 g/mol. The molecule has 0 fully saturated rings. The molecule has 3 heterocycles. The number of rotatable bonds is 21. The first-order valence-corrected chi connectivity index (χ1v) is 28.4. The first-order chi connectivity index (χ1) is 18.9. The second-order valence-corrected chi connectivity index (χ2v) is 33.6. The Morgan fingerprint density at radius 2 is 1.36 bits per heavy atom. The molecule has 0 saturated heterocycles. The predicted molar refractivity (Wildman–Crippen MR) is 183 cm³/mol. The van der Waals surface area contributed by atoms with Gasteiger partial charge in [0, 0.05) is 0 Å². The van der Waals surface area contributed by atoms with Crippen molar-refractivity contribution in [2.75, 3.05) is 6.61 Å². The van der Waals surface area contributed by atoms with Gasteiger partial charge in [0.15, 0.2) is 0 Å². The molecule has 0 N–H and O–H groups in total. The van der Waals surface area contributed by atoms with Crippen molar-refractivity contribution in [3.63, 3.8) is 0 Å². The van der Waals surface area contributed by atoms with E-state index in [1.54, 1.807) is 33.2 Å². The van der Waals surface area contributed by atoms with Crippen molar-refractivity contribution in [1.29, 1.82) is 0 Å². The molecule has 39 heavy (non-hydrogen) atoms. The molecule has 0 aliphatic carbocycles. The number of aliphatic imine (C=N–C) groups is 1. The second kappa shape index (κ2) is 17.4. The SMILES string of the molecule is CCCCCCCCCCc1c(C2=NC(C)(C)CO2)sc2c([S][Sn]([CH2]CCC)([CH2]CCC)[CH2]CCC)csc12. The number of thiophene rings is 2. The fraction of sp³-hybridized carbons (Fsp3) is 0.788. The van der Waals surface area contributed by atoms with E-state index in [4.69, 9.17) is 9.73 Å². The molecule has 0 radical (unpaired) electrons. The van der Waals surface area contributed by atoms with Gasteiger partial charge in [-0.2, -0.15) is 0 Å². The van der Waals surface area contributed by atoms with Crippen LogP contribution in [0.2, 0.25) is 13.3 Å². The van der Waals surface area contributed by atoms with Crippen molar-refractivity contribution in [2.24, 2.45) is 4.99 Å². The number of unbranched alkanes of at least 4 members (excludes halogenated alkanes) is 10. The number of nitrogens with zero attached hydrogens (tertiary/aromatic N) is 1. The summed E-state index contributed by atoms with van der Waals surface area (Å²) in [4.78, 5) is 8.03. The van der Waals surface area contributed by atoms with E-state index < -0.39 is 17.0 Å². The summed E-state index contributed by atoms with van der Waals surface area (Å²) >= 11 is 1.69. The van der Waals surface area contributed by atoms with Crippen molar-refractivity contribution in [1.82, 2.24) is 0 Å². The van der Waals surface area contributed by atoms with Gasteiger partial charge >= 0.3 is 238 Å². The van der Waals surface area contributed by atoms with Gasteiger partial charge in [-0.15, -0.1) is 0 Å². The molecule has 0 spiro atoms. The third kappa shape index (κ3) is 10.2. The Bertz CT molecular complexity index is 986. The molecule has 1 aliphatic heterocycles. The van der Waals surface area contributed by atoms with Crippen LogP contribution in [0.25, 0.3) is 9.40 Å². The molecule has 0 saturated carbocycles. The number of hydrogen-bond donors (Lipinski definition) is 0. The molecule has 0 unspecified atom stereocenters. The van der Waals surface area contributed by atoms with Crippen LogP contribution in [-0.2, 0) is 11.2 Å². The van der Waals surface area contributed by atoms with Crippen molar-refractivity contribution in [2.45, 2.75) is 162 Å². The van der Waals surface area contributed by atoms with Gasteiger partial charge in [0.25, 0.3) is 0 Å². The van der Waals surface area contributed by atoms with Gasteiger partial charge < -0.3 is 0 Å². The van der Waals surface area contributed by atoms with Gasteiger partial charge in [-0.3, -0.25) is 0 Å². The van der Waals surface area contributed by atoms with E-state index in [0.717, 1.165) is 5.90 Å². The summed E-state index contributed by atoms with van der Waals surface area (Å²) in [7, 11) is 2.45. The molecule has 0 amide bonds. The van der Waals surface area contributed by atoms with Crippen molar-refractivity contribution in [3.05, 3.63) is 15.8 Å². The van der Waals surface area contributed by atoms with Crippen LogP contribution in [0.1, 0.15) is 142 Å². The molecule has 2 nitrogen and oxygen atoms in total. The number of aryl methyl sites for hydroxylation is 1. The Morgan fingerprint density at radius 3 is 1.90 bits per heavy atom. The van der Waals surface area contributed by atoms with Crippen LogP contribution in [0.15, 0.2) is 15.3 Å². The summed E-state index contributed by atoms with van der Waals surface area (Å²) in [6.07, 6.45) is 20.5. The molecule has 0 atom stereocenters. The van der Waals surface area contributed by atoms with Crippen LogP contribution >= 0.6 is 31.6 Å². The van der Waals surface area contributed by atoms with Gasteiger partial charge in [-0.1, -0.05) is 19.8 Å². The summed E-state index contributed by atoms with van der Waals surface area (Å²) in [5.41, 5.74) is 1.44. The topological polar surface area (TPSA) is 21.6 Å². The molecule has 1 aliphatic rings. The zero-order valence-electron chi connectivity index (χ0n) is 26.1. The van der Waals surface area contributed by atoms with E-state index in [1.807, 2.05) is 22.7 Å². The monoisotopic (exact) mass is 699 g/mol. The van der Waals surface area contributed by atoms with Gasteiger partial charge in [-0.05, 0) is 0 Å². The summed E-state index contributed by atoms with van der Waals surface area (Å²) in [6, 6.07) is 0. The minimum absolute atomic E-state index is 0.105. The summed E-state index contributed by atoms with van der Waals surface area (Å²) in [5.74, 6) is 0.927. The summed E-state index contributed by atoms with van der Waals surface area (Å²) in [6.45, 7) is 14.6. The van der Waals surface area contributed by atoms with Gasteiger partial charge in [-0.25, -0.2) is 0 Å². The summed E-state index contributed by atoms with van der Waals surface area (Å²) in [5, 5.41) is 2.55. The fourth-order valence-electron chi connectivity index (χ4n) is 5.77. The van der Waals surface area contributed by atoms with Gasteiger partial charge in [0.1, 0.15) is 0 Å². The van der Waals surface area contributed by atoms with E-state index in [1.165, 1.54) is 101 Å². The molecule has 6 heteroatoms. The van der Waals surface area contributed by atoms with Crippen LogP contribution in [0.3, 0.4) is 0 Å². The first kappa shape index (κ1) is 33.8. The van der Waals surface area contributed by atoms with Gasteiger partial charge in [0.2, 0.25) is 0 Å². The predicted octanol–water partition coefficient (Wildman–Crippen LogP) is 12.6. The van der Waals surface area contributed by atoms with Crippen LogP contribution in [0.4, 0.5) is 0 Å². The molecule has 2 aromatic heterocycles. The van der Waals surface area contributed by atoms with Crippen LogP contribution in [0.5, 0.6) is 0 Å². The van der Waals surface area contributed by atoms with E-state index >= 15 is 0 Å². The van der Waals surface area contributed by atoms with Crippen molar-refractivity contribution >= 4 is 63.9 Å². The van der Waals surface area contributed by atoms with E-state index in [2.05, 4.69) is 55.9 Å². The molecule has 2 aromatic rings. The Labute approximate surface area is 255 Å². The molecule has 222 valence electrons. The van der Waals surface area contributed by atoms with E-state index in [9.17, 15) is 0 Å². The third-order valence-electron chi connectivity index (χ3n) is 8.19. The maximum absolute atomic E-state index is 6.25. The van der Waals surface area contributed by atoms with Crippen LogP contribution in [0, 0.1) is 0 Å². The molecule has 0 bridgehead atoms. The standard InChI is InChI=1S/C21H31NOS3.3C4H9.Sn/c1-4-5-6-7-8-9-10-11-12-15-17-19(16(24)13-25-17)26-18(15)20-22-21(2,3)14-23-20;3*1-3-4-2;/h13,24H,4-12,14H2,1-3H3;3*1,3-4H2,2H3;/q;;;;+1/p-1. The average Bonchev–Trinajstić information content (AvgIpc) is 3.60. The molecule has 3 rings (SSSR count). The third-order valence-corrected chi connectivity index (χ3v) is 32.4. The molecule has 0 aromatic carbocycles. The van der Waals surface area contributed by atoms with Crippen LogP contribution in [-0.4, -0.2) is 35.0 Å². The van der Waals surface area contributed by atoms with Crippen molar-refractivity contribution < 1.29 is 4.74 Å². The Balaban J connectivity index is 1.85. The quantitative estimate of drug-likeness (QED) is 0.0956. The minimum atomic E-state index is -2.35. The Kier molecular flexibility index (Phi) is 15.1. The second-order valence-electron chi connectivity index (χ2n) is 12.5.